The van der Waals surface area contributed by atoms with E-state index < -0.39 is 5.97 Å². The number of esters is 1. The van der Waals surface area contributed by atoms with Crippen LogP contribution in [0.5, 0.6) is 0 Å². The number of rotatable bonds is 6. The maximum atomic E-state index is 12.6. The van der Waals surface area contributed by atoms with Crippen molar-refractivity contribution in [1.29, 1.82) is 0 Å². The zero-order valence-electron chi connectivity index (χ0n) is 18.7. The van der Waals surface area contributed by atoms with Crippen molar-refractivity contribution in [2.24, 2.45) is 0 Å². The minimum Gasteiger partial charge on any atom is -0.465 e. The second kappa shape index (κ2) is 10.9. The number of aryl methyl sites for hydroxylation is 1. The normalized spacial score (nSPS) is 18.4. The molecule has 1 aromatic heterocycles. The number of nitrogens with zero attached hydrogens (tertiary/aromatic N) is 1. The van der Waals surface area contributed by atoms with Crippen LogP contribution in [0.15, 0.2) is 0 Å². The molecular formula is C22H34N4O4S. The molecule has 0 spiro atoms. The molecule has 1 aliphatic carbocycles. The van der Waals surface area contributed by atoms with Crippen LogP contribution in [0.25, 0.3) is 0 Å². The van der Waals surface area contributed by atoms with Crippen LogP contribution in [0, 0.1) is 13.8 Å². The first-order valence-corrected chi connectivity index (χ1v) is 12.0. The molecule has 1 aliphatic heterocycles. The molecule has 31 heavy (non-hydrogen) atoms. The molecule has 1 saturated heterocycles. The number of amides is 3. The second-order valence-corrected chi connectivity index (χ2v) is 9.76. The molecule has 1 saturated carbocycles. The average molecular weight is 451 g/mol. The lowest BCUT2D eigenvalue weighted by atomic mass is 9.96. The largest absolute Gasteiger partial charge is 0.465 e. The Kier molecular flexibility index (Phi) is 8.31. The van der Waals surface area contributed by atoms with Gasteiger partial charge < -0.3 is 20.7 Å². The number of ether oxygens (including phenoxy) is 1. The monoisotopic (exact) mass is 450 g/mol. The number of thiophene rings is 1. The van der Waals surface area contributed by atoms with E-state index in [0.29, 0.717) is 16.6 Å². The number of likely N-dealkylation sites (tertiary alicyclic amines) is 1. The van der Waals surface area contributed by atoms with E-state index in [1.54, 1.807) is 0 Å². The molecule has 3 N–H and O–H groups in total. The van der Waals surface area contributed by atoms with E-state index in [0.717, 1.165) is 49.2 Å². The Hall–Kier alpha value is -2.13. The van der Waals surface area contributed by atoms with Crippen molar-refractivity contribution in [3.05, 3.63) is 16.0 Å². The van der Waals surface area contributed by atoms with Crippen LogP contribution in [0.1, 0.15) is 65.7 Å². The molecule has 9 heteroatoms. The molecule has 0 radical (unpaired) electrons. The van der Waals surface area contributed by atoms with Crippen LogP contribution in [-0.4, -0.2) is 61.6 Å². The Morgan fingerprint density at radius 3 is 2.23 bits per heavy atom. The number of carbonyl (C=O) groups is 3. The number of carbonyl (C=O) groups excluding carboxylic acids is 3. The SMILES string of the molecule is COC(=O)c1c(NC(=O)CN2CCC(NC(=O)NC3CCCCC3)CC2)sc(C)c1C. The van der Waals surface area contributed by atoms with E-state index in [2.05, 4.69) is 20.9 Å². The number of piperidine rings is 1. The van der Waals surface area contributed by atoms with Crippen molar-refractivity contribution >= 4 is 34.2 Å². The van der Waals surface area contributed by atoms with Crippen LogP contribution in [0.3, 0.4) is 0 Å². The zero-order valence-corrected chi connectivity index (χ0v) is 19.5. The number of anilines is 1. The third-order valence-electron chi connectivity index (χ3n) is 6.26. The summed E-state index contributed by atoms with van der Waals surface area (Å²) in [6.07, 6.45) is 7.42. The van der Waals surface area contributed by atoms with Gasteiger partial charge in [0.25, 0.3) is 0 Å². The summed E-state index contributed by atoms with van der Waals surface area (Å²) in [7, 11) is 1.34. The second-order valence-electron chi connectivity index (χ2n) is 8.53. The first kappa shape index (κ1) is 23.5. The first-order valence-electron chi connectivity index (χ1n) is 11.1. The Balaban J connectivity index is 1.42. The summed E-state index contributed by atoms with van der Waals surface area (Å²) in [5.41, 5.74) is 1.27. The number of urea groups is 1. The van der Waals surface area contributed by atoms with Gasteiger partial charge in [-0.05, 0) is 45.1 Å². The number of nitrogens with one attached hydrogen (secondary N) is 3. The smallest absolute Gasteiger partial charge is 0.341 e. The van der Waals surface area contributed by atoms with Crippen LogP contribution in [0.2, 0.25) is 0 Å². The highest BCUT2D eigenvalue weighted by molar-refractivity contribution is 7.16. The molecule has 0 atom stereocenters. The van der Waals surface area contributed by atoms with Gasteiger partial charge in [0, 0.05) is 30.1 Å². The van der Waals surface area contributed by atoms with E-state index in [9.17, 15) is 14.4 Å². The molecule has 3 amide bonds. The minimum absolute atomic E-state index is 0.0677. The predicted octanol–water partition coefficient (Wildman–Crippen LogP) is 3.19. The third kappa shape index (κ3) is 6.43. The van der Waals surface area contributed by atoms with Gasteiger partial charge in [0.1, 0.15) is 5.00 Å². The fraction of sp³-hybridized carbons (Fsp3) is 0.682. The van der Waals surface area contributed by atoms with Gasteiger partial charge in [-0.25, -0.2) is 9.59 Å². The summed E-state index contributed by atoms with van der Waals surface area (Å²) < 4.78 is 4.86. The van der Waals surface area contributed by atoms with Crippen LogP contribution < -0.4 is 16.0 Å². The zero-order chi connectivity index (χ0) is 22.4. The van der Waals surface area contributed by atoms with Gasteiger partial charge >= 0.3 is 12.0 Å². The van der Waals surface area contributed by atoms with E-state index in [4.69, 9.17) is 4.74 Å². The van der Waals surface area contributed by atoms with E-state index in [1.165, 1.54) is 37.7 Å². The maximum Gasteiger partial charge on any atom is 0.341 e. The van der Waals surface area contributed by atoms with E-state index >= 15 is 0 Å². The van der Waals surface area contributed by atoms with Crippen molar-refractivity contribution in [2.75, 3.05) is 32.1 Å². The predicted molar refractivity (Wildman–Crippen MR) is 122 cm³/mol. The van der Waals surface area contributed by atoms with Crippen molar-refractivity contribution < 1.29 is 19.1 Å². The molecule has 8 nitrogen and oxygen atoms in total. The van der Waals surface area contributed by atoms with E-state index in [1.807, 2.05) is 13.8 Å². The van der Waals surface area contributed by atoms with Gasteiger partial charge in [0.15, 0.2) is 0 Å². The lowest BCUT2D eigenvalue weighted by Gasteiger charge is -2.32. The Morgan fingerprint density at radius 1 is 1.00 bits per heavy atom. The first-order chi connectivity index (χ1) is 14.9. The van der Waals surface area contributed by atoms with Crippen molar-refractivity contribution in [1.82, 2.24) is 15.5 Å². The van der Waals surface area contributed by atoms with Crippen LogP contribution >= 0.6 is 11.3 Å². The van der Waals surface area contributed by atoms with Crippen molar-refractivity contribution in [2.45, 2.75) is 70.9 Å². The topological polar surface area (TPSA) is 99.8 Å². The quantitative estimate of drug-likeness (QED) is 0.578. The van der Waals surface area contributed by atoms with Gasteiger partial charge in [0.05, 0.1) is 19.2 Å². The van der Waals surface area contributed by atoms with Gasteiger partial charge in [0.2, 0.25) is 5.91 Å². The standard InChI is InChI=1S/C22H34N4O4S/c1-14-15(2)31-20(19(14)21(28)30-3)25-18(27)13-26-11-9-17(10-12-26)24-22(29)23-16-7-5-4-6-8-16/h16-17H,4-13H2,1-3H3,(H,25,27)(H2,23,24,29). The maximum absolute atomic E-state index is 12.6. The Bertz CT molecular complexity index is 796. The molecule has 0 aromatic carbocycles. The van der Waals surface area contributed by atoms with Gasteiger partial charge in [-0.2, -0.15) is 0 Å². The highest BCUT2D eigenvalue weighted by Crippen LogP contribution is 2.33. The minimum atomic E-state index is -0.435. The van der Waals surface area contributed by atoms with Gasteiger partial charge in [-0.3, -0.25) is 9.69 Å². The van der Waals surface area contributed by atoms with Gasteiger partial charge in [-0.1, -0.05) is 19.3 Å². The summed E-state index contributed by atoms with van der Waals surface area (Å²) in [5.74, 6) is -0.580. The molecule has 1 aromatic rings. The van der Waals surface area contributed by atoms with Gasteiger partial charge in [-0.15, -0.1) is 11.3 Å². The highest BCUT2D eigenvalue weighted by atomic mass is 32.1. The molecule has 3 rings (SSSR count). The number of hydrogen-bond donors (Lipinski definition) is 3. The van der Waals surface area contributed by atoms with Crippen molar-refractivity contribution in [3.63, 3.8) is 0 Å². The molecule has 2 heterocycles. The third-order valence-corrected chi connectivity index (χ3v) is 7.38. The summed E-state index contributed by atoms with van der Waals surface area (Å²) in [6.45, 7) is 5.53. The fourth-order valence-electron chi connectivity index (χ4n) is 4.33. The lowest BCUT2D eigenvalue weighted by molar-refractivity contribution is -0.117. The lowest BCUT2D eigenvalue weighted by Crippen LogP contribution is -2.51. The number of methoxy groups -OCH3 is 1. The Labute approximate surface area is 188 Å². The molecular weight excluding hydrogens is 416 g/mol. The Morgan fingerprint density at radius 2 is 1.61 bits per heavy atom. The summed E-state index contributed by atoms with van der Waals surface area (Å²) in [5, 5.41) is 9.61. The van der Waals surface area contributed by atoms with Crippen molar-refractivity contribution in [3.8, 4) is 0 Å². The molecule has 0 unspecified atom stereocenters. The summed E-state index contributed by atoms with van der Waals surface area (Å²) in [4.78, 5) is 39.9. The fourth-order valence-corrected chi connectivity index (χ4v) is 5.39. The summed E-state index contributed by atoms with van der Waals surface area (Å²) in [6, 6.07) is 0.371. The molecule has 2 fully saturated rings. The highest BCUT2D eigenvalue weighted by Gasteiger charge is 2.25. The van der Waals surface area contributed by atoms with Crippen LogP contribution in [-0.2, 0) is 9.53 Å². The van der Waals surface area contributed by atoms with Crippen LogP contribution in [0.4, 0.5) is 9.80 Å². The average Bonchev–Trinajstić information content (AvgIpc) is 3.02. The molecule has 2 aliphatic rings. The summed E-state index contributed by atoms with van der Waals surface area (Å²) >= 11 is 1.39. The molecule has 0 bridgehead atoms. The number of hydrogen-bond acceptors (Lipinski definition) is 6. The molecule has 172 valence electrons. The van der Waals surface area contributed by atoms with E-state index in [-0.39, 0.29) is 24.5 Å².